The number of amides is 2. The van der Waals surface area contributed by atoms with Crippen molar-refractivity contribution in [1.82, 2.24) is 9.80 Å². The van der Waals surface area contributed by atoms with Crippen LogP contribution in [0.1, 0.15) is 41.5 Å². The first kappa shape index (κ1) is 30.6. The molecule has 0 heterocycles. The molecular formula is C20H42N2O8. The van der Waals surface area contributed by atoms with E-state index in [0.717, 1.165) is 0 Å². The van der Waals surface area contributed by atoms with Crippen molar-refractivity contribution in [3.8, 4) is 0 Å². The first-order valence-corrected chi connectivity index (χ1v) is 9.92. The fourth-order valence-corrected chi connectivity index (χ4v) is 2.23. The molecule has 2 amide bonds. The standard InChI is InChI=1S/2C10H21NO4/c1-10(2,3)15-9(13)11(5-7-12)6-8-14-4;1-10(2,3)8(15-4)7-11(5-6-12)9(13)14/h12H,5-8H2,1-4H3;8,12H,5-7H2,1-4H3,(H,13,14). The minimum Gasteiger partial charge on any atom is -0.465 e. The topological polar surface area (TPSA) is 129 Å². The average Bonchev–Trinajstić information content (AvgIpc) is 2.59. The fourth-order valence-electron chi connectivity index (χ4n) is 2.23. The smallest absolute Gasteiger partial charge is 0.410 e. The van der Waals surface area contributed by atoms with Gasteiger partial charge in [0.1, 0.15) is 5.60 Å². The number of aliphatic hydroxyl groups excluding tert-OH is 2. The first-order valence-electron chi connectivity index (χ1n) is 9.92. The van der Waals surface area contributed by atoms with Gasteiger partial charge in [-0.25, -0.2) is 9.59 Å². The third-order valence-electron chi connectivity index (χ3n) is 3.86. The highest BCUT2D eigenvalue weighted by molar-refractivity contribution is 5.68. The maximum absolute atomic E-state index is 11.6. The first-order chi connectivity index (χ1) is 13.7. The molecule has 30 heavy (non-hydrogen) atoms. The monoisotopic (exact) mass is 438 g/mol. The number of aliphatic hydroxyl groups is 2. The number of carbonyl (C=O) groups is 2. The predicted molar refractivity (Wildman–Crippen MR) is 114 cm³/mol. The summed E-state index contributed by atoms with van der Waals surface area (Å²) in [6.45, 7) is 12.6. The van der Waals surface area contributed by atoms with Crippen molar-refractivity contribution in [1.29, 1.82) is 0 Å². The molecule has 0 saturated carbocycles. The Labute approximate surface area is 180 Å². The summed E-state index contributed by atoms with van der Waals surface area (Å²) in [5.74, 6) is 0. The molecule has 0 bridgehead atoms. The lowest BCUT2D eigenvalue weighted by Gasteiger charge is -2.33. The van der Waals surface area contributed by atoms with Gasteiger partial charge in [0.05, 0.1) is 32.5 Å². The van der Waals surface area contributed by atoms with E-state index in [2.05, 4.69) is 0 Å². The number of methoxy groups -OCH3 is 2. The molecule has 0 aliphatic carbocycles. The molecular weight excluding hydrogens is 396 g/mol. The van der Waals surface area contributed by atoms with Crippen LogP contribution in [0.25, 0.3) is 0 Å². The molecule has 180 valence electrons. The molecule has 0 saturated heterocycles. The number of rotatable bonds is 10. The van der Waals surface area contributed by atoms with Crippen molar-refractivity contribution in [2.24, 2.45) is 5.41 Å². The summed E-state index contributed by atoms with van der Waals surface area (Å²) >= 11 is 0. The number of carboxylic acid groups (broad SMARTS) is 1. The Morgan fingerprint density at radius 3 is 1.73 bits per heavy atom. The highest BCUT2D eigenvalue weighted by Gasteiger charge is 2.28. The van der Waals surface area contributed by atoms with Crippen LogP contribution in [-0.2, 0) is 14.2 Å². The Morgan fingerprint density at radius 2 is 1.40 bits per heavy atom. The van der Waals surface area contributed by atoms with E-state index in [1.807, 2.05) is 20.8 Å². The minimum absolute atomic E-state index is 0.0804. The van der Waals surface area contributed by atoms with E-state index in [9.17, 15) is 9.59 Å². The van der Waals surface area contributed by atoms with Gasteiger partial charge in [-0.3, -0.25) is 0 Å². The van der Waals surface area contributed by atoms with Crippen molar-refractivity contribution in [2.45, 2.75) is 53.2 Å². The van der Waals surface area contributed by atoms with Gasteiger partial charge in [0, 0.05) is 33.9 Å². The van der Waals surface area contributed by atoms with Crippen LogP contribution in [0.3, 0.4) is 0 Å². The van der Waals surface area contributed by atoms with Gasteiger partial charge in [0.2, 0.25) is 0 Å². The lowest BCUT2D eigenvalue weighted by molar-refractivity contribution is -0.00799. The maximum atomic E-state index is 11.6. The molecule has 1 unspecified atom stereocenters. The molecule has 0 rings (SSSR count). The van der Waals surface area contributed by atoms with Gasteiger partial charge in [-0.15, -0.1) is 0 Å². The molecule has 1 atom stereocenters. The minimum atomic E-state index is -1.03. The molecule has 10 nitrogen and oxygen atoms in total. The summed E-state index contributed by atoms with van der Waals surface area (Å²) in [6.07, 6.45) is -1.64. The molecule has 0 radical (unpaired) electrons. The summed E-state index contributed by atoms with van der Waals surface area (Å²) in [6, 6.07) is 0. The second-order valence-corrected chi connectivity index (χ2v) is 8.73. The lowest BCUT2D eigenvalue weighted by Crippen LogP contribution is -2.44. The normalized spacial score (nSPS) is 12.5. The van der Waals surface area contributed by atoms with Crippen LogP contribution in [-0.4, -0.2) is 109 Å². The third kappa shape index (κ3) is 15.3. The lowest BCUT2D eigenvalue weighted by atomic mass is 9.88. The van der Waals surface area contributed by atoms with Gasteiger partial charge in [0.15, 0.2) is 0 Å². The van der Waals surface area contributed by atoms with Crippen LogP contribution in [0, 0.1) is 5.41 Å². The van der Waals surface area contributed by atoms with E-state index in [-0.39, 0.29) is 44.4 Å². The van der Waals surface area contributed by atoms with E-state index >= 15 is 0 Å². The summed E-state index contributed by atoms with van der Waals surface area (Å²) in [5.41, 5.74) is -0.643. The largest absolute Gasteiger partial charge is 0.465 e. The summed E-state index contributed by atoms with van der Waals surface area (Å²) in [4.78, 5) is 25.0. The van der Waals surface area contributed by atoms with E-state index in [1.54, 1.807) is 35.0 Å². The number of hydrogen-bond donors (Lipinski definition) is 3. The number of carbonyl (C=O) groups excluding carboxylic acids is 1. The summed E-state index contributed by atoms with van der Waals surface area (Å²) in [7, 11) is 3.13. The van der Waals surface area contributed by atoms with E-state index < -0.39 is 17.8 Å². The molecule has 0 aliphatic heterocycles. The Kier molecular flexibility index (Phi) is 15.5. The second kappa shape index (κ2) is 15.2. The van der Waals surface area contributed by atoms with Crippen molar-refractivity contribution in [3.63, 3.8) is 0 Å². The van der Waals surface area contributed by atoms with Crippen molar-refractivity contribution < 1.29 is 39.1 Å². The van der Waals surface area contributed by atoms with Gasteiger partial charge >= 0.3 is 12.2 Å². The maximum Gasteiger partial charge on any atom is 0.410 e. The SMILES string of the molecule is COC(CN(CCO)C(=O)O)C(C)(C)C.COCCN(CCO)C(=O)OC(C)(C)C. The second-order valence-electron chi connectivity index (χ2n) is 8.73. The van der Waals surface area contributed by atoms with Crippen LogP contribution < -0.4 is 0 Å². The number of nitrogens with zero attached hydrogens (tertiary/aromatic N) is 2. The van der Waals surface area contributed by atoms with E-state index in [1.165, 1.54) is 9.80 Å². The molecule has 0 spiro atoms. The van der Waals surface area contributed by atoms with Gasteiger partial charge < -0.3 is 39.3 Å². The van der Waals surface area contributed by atoms with Crippen molar-refractivity contribution in [3.05, 3.63) is 0 Å². The quantitative estimate of drug-likeness (QED) is 0.471. The molecule has 0 aliphatic rings. The fraction of sp³-hybridized carbons (Fsp3) is 0.900. The Morgan fingerprint density at radius 1 is 0.900 bits per heavy atom. The predicted octanol–water partition coefficient (Wildman–Crippen LogP) is 1.88. The zero-order chi connectivity index (χ0) is 24.0. The molecule has 0 aromatic carbocycles. The third-order valence-corrected chi connectivity index (χ3v) is 3.86. The average molecular weight is 439 g/mol. The van der Waals surface area contributed by atoms with Gasteiger partial charge in [-0.05, 0) is 26.2 Å². The summed E-state index contributed by atoms with van der Waals surface area (Å²) in [5, 5.41) is 26.4. The number of ether oxygens (including phenoxy) is 3. The molecule has 0 aromatic rings. The van der Waals surface area contributed by atoms with E-state index in [0.29, 0.717) is 13.2 Å². The highest BCUT2D eigenvalue weighted by atomic mass is 16.6. The Hall–Kier alpha value is -1.62. The molecule has 10 heteroatoms. The van der Waals surface area contributed by atoms with Crippen LogP contribution >= 0.6 is 0 Å². The van der Waals surface area contributed by atoms with Crippen LogP contribution in [0.5, 0.6) is 0 Å². The molecule has 0 fully saturated rings. The molecule has 0 aromatic heterocycles. The van der Waals surface area contributed by atoms with Crippen molar-refractivity contribution >= 4 is 12.2 Å². The van der Waals surface area contributed by atoms with E-state index in [4.69, 9.17) is 29.5 Å². The molecule has 3 N–H and O–H groups in total. The Bertz CT molecular complexity index is 470. The number of hydrogen-bond acceptors (Lipinski definition) is 7. The van der Waals surface area contributed by atoms with Gasteiger partial charge in [-0.2, -0.15) is 0 Å². The zero-order valence-electron chi connectivity index (χ0n) is 19.8. The van der Waals surface area contributed by atoms with Gasteiger partial charge in [0.25, 0.3) is 0 Å². The summed E-state index contributed by atoms with van der Waals surface area (Å²) < 4.78 is 15.3. The highest BCUT2D eigenvalue weighted by Crippen LogP contribution is 2.22. The van der Waals surface area contributed by atoms with Gasteiger partial charge in [-0.1, -0.05) is 20.8 Å². The van der Waals surface area contributed by atoms with Crippen LogP contribution in [0.2, 0.25) is 0 Å². The van der Waals surface area contributed by atoms with Crippen LogP contribution in [0.4, 0.5) is 9.59 Å². The van der Waals surface area contributed by atoms with Crippen molar-refractivity contribution in [2.75, 3.05) is 60.2 Å². The Balaban J connectivity index is 0. The van der Waals surface area contributed by atoms with Crippen LogP contribution in [0.15, 0.2) is 0 Å². The zero-order valence-corrected chi connectivity index (χ0v) is 19.8.